The van der Waals surface area contributed by atoms with E-state index in [9.17, 15) is 0 Å². The van der Waals surface area contributed by atoms with E-state index in [0.29, 0.717) is 11.8 Å². The van der Waals surface area contributed by atoms with Gasteiger partial charge < -0.3 is 11.1 Å². The van der Waals surface area contributed by atoms with Crippen LogP contribution in [0, 0.1) is 0 Å². The Morgan fingerprint density at radius 3 is 2.94 bits per heavy atom. The summed E-state index contributed by atoms with van der Waals surface area (Å²) in [6.07, 6.45) is 1.11. The molecule has 1 saturated heterocycles. The zero-order valence-electron chi connectivity index (χ0n) is 9.67. The lowest BCUT2D eigenvalue weighted by molar-refractivity contribution is 0.480. The van der Waals surface area contributed by atoms with Crippen LogP contribution in [0.5, 0.6) is 0 Å². The summed E-state index contributed by atoms with van der Waals surface area (Å²) in [6, 6.07) is 5.90. The van der Waals surface area contributed by atoms with Crippen molar-refractivity contribution in [1.82, 2.24) is 0 Å². The molecule has 0 saturated carbocycles. The van der Waals surface area contributed by atoms with Gasteiger partial charge in [0, 0.05) is 22.0 Å². The fourth-order valence-corrected chi connectivity index (χ4v) is 4.05. The maximum Gasteiger partial charge on any atom is 0.0619 e. The summed E-state index contributed by atoms with van der Waals surface area (Å²) in [4.78, 5) is 0. The van der Waals surface area contributed by atoms with Crippen LogP contribution in [0.1, 0.15) is 13.3 Å². The number of hydrogen-bond donors (Lipinski definition) is 2. The van der Waals surface area contributed by atoms with E-state index in [1.54, 1.807) is 0 Å². The molecule has 0 amide bonds. The average molecular weight is 336 g/mol. The van der Waals surface area contributed by atoms with Crippen molar-refractivity contribution in [3.8, 4) is 0 Å². The van der Waals surface area contributed by atoms with Gasteiger partial charge in [0.1, 0.15) is 0 Å². The summed E-state index contributed by atoms with van der Waals surface area (Å²) in [7, 11) is 0. The Morgan fingerprint density at radius 1 is 1.65 bits per heavy atom. The molecule has 2 unspecified atom stereocenters. The largest absolute Gasteiger partial charge is 0.377 e. The standard InChI is InChI=1S/C12H16BrClN2S/c1-8-12(7-15,4-5-17-8)16-9-2-3-11(14)10(13)6-9/h2-3,6,8,16H,4-5,7,15H2,1H3. The fraction of sp³-hybridized carbons (Fsp3) is 0.500. The molecule has 2 nitrogen and oxygen atoms in total. The molecule has 1 heterocycles. The van der Waals surface area contributed by atoms with Crippen LogP contribution in [0.3, 0.4) is 0 Å². The summed E-state index contributed by atoms with van der Waals surface area (Å²) in [5.74, 6) is 1.17. The van der Waals surface area contributed by atoms with E-state index in [1.807, 2.05) is 30.0 Å². The summed E-state index contributed by atoms with van der Waals surface area (Å²) in [6.45, 7) is 2.89. The predicted octanol–water partition coefficient (Wildman–Crippen LogP) is 3.74. The van der Waals surface area contributed by atoms with Gasteiger partial charge in [-0.25, -0.2) is 0 Å². The first-order valence-corrected chi connectivity index (χ1v) is 7.84. The molecule has 0 radical (unpaired) electrons. The topological polar surface area (TPSA) is 38.0 Å². The Hall–Kier alpha value is 0.1000. The van der Waals surface area contributed by atoms with Gasteiger partial charge >= 0.3 is 0 Å². The molecule has 17 heavy (non-hydrogen) atoms. The van der Waals surface area contributed by atoms with Crippen molar-refractivity contribution in [2.75, 3.05) is 17.6 Å². The smallest absolute Gasteiger partial charge is 0.0619 e. The molecule has 1 aliphatic heterocycles. The number of benzene rings is 1. The lowest BCUT2D eigenvalue weighted by Crippen LogP contribution is -2.49. The second-order valence-corrected chi connectivity index (χ2v) is 7.09. The molecule has 1 aromatic carbocycles. The molecule has 0 spiro atoms. The van der Waals surface area contributed by atoms with Crippen LogP contribution in [0.4, 0.5) is 5.69 Å². The van der Waals surface area contributed by atoms with Crippen LogP contribution < -0.4 is 11.1 Å². The molecule has 2 rings (SSSR count). The molecule has 2 atom stereocenters. The maximum atomic E-state index is 5.99. The van der Waals surface area contributed by atoms with E-state index in [4.69, 9.17) is 17.3 Å². The van der Waals surface area contributed by atoms with Crippen molar-refractivity contribution >= 4 is 45.0 Å². The quantitative estimate of drug-likeness (QED) is 0.884. The molecular formula is C12H16BrClN2S. The molecule has 94 valence electrons. The fourth-order valence-electron chi connectivity index (χ4n) is 2.13. The van der Waals surface area contributed by atoms with E-state index >= 15 is 0 Å². The normalized spacial score (nSPS) is 28.4. The van der Waals surface area contributed by atoms with Gasteiger partial charge in [-0.1, -0.05) is 18.5 Å². The third-order valence-corrected chi connectivity index (χ3v) is 5.98. The van der Waals surface area contributed by atoms with Gasteiger partial charge in [-0.3, -0.25) is 0 Å². The van der Waals surface area contributed by atoms with Gasteiger partial charge in [0.15, 0.2) is 0 Å². The Bertz CT molecular complexity index is 415. The minimum absolute atomic E-state index is 0.0118. The zero-order chi connectivity index (χ0) is 12.5. The van der Waals surface area contributed by atoms with Crippen LogP contribution in [0.25, 0.3) is 0 Å². The summed E-state index contributed by atoms with van der Waals surface area (Å²) < 4.78 is 0.912. The lowest BCUT2D eigenvalue weighted by Gasteiger charge is -2.34. The number of halogens is 2. The molecular weight excluding hydrogens is 320 g/mol. The molecule has 0 aliphatic carbocycles. The third-order valence-electron chi connectivity index (χ3n) is 3.37. The number of hydrogen-bond acceptors (Lipinski definition) is 3. The Balaban J connectivity index is 2.21. The van der Waals surface area contributed by atoms with E-state index in [2.05, 4.69) is 28.2 Å². The van der Waals surface area contributed by atoms with Crippen molar-refractivity contribution in [1.29, 1.82) is 0 Å². The van der Waals surface area contributed by atoms with Crippen molar-refractivity contribution in [2.45, 2.75) is 24.1 Å². The first-order chi connectivity index (χ1) is 8.07. The summed E-state index contributed by atoms with van der Waals surface area (Å²) in [5.41, 5.74) is 7.04. The van der Waals surface area contributed by atoms with Gasteiger partial charge in [0.25, 0.3) is 0 Å². The zero-order valence-corrected chi connectivity index (χ0v) is 12.8. The van der Waals surface area contributed by atoms with Crippen molar-refractivity contribution in [3.05, 3.63) is 27.7 Å². The highest BCUT2D eigenvalue weighted by atomic mass is 79.9. The van der Waals surface area contributed by atoms with E-state index in [0.717, 1.165) is 21.6 Å². The van der Waals surface area contributed by atoms with Gasteiger partial charge in [0.05, 0.1) is 10.6 Å². The second kappa shape index (κ2) is 5.39. The Labute approximate surface area is 120 Å². The molecule has 1 fully saturated rings. The molecule has 0 aromatic heterocycles. The van der Waals surface area contributed by atoms with Crippen LogP contribution in [0.2, 0.25) is 5.02 Å². The van der Waals surface area contributed by atoms with E-state index in [1.165, 1.54) is 5.75 Å². The van der Waals surface area contributed by atoms with Crippen LogP contribution in [-0.2, 0) is 0 Å². The first-order valence-electron chi connectivity index (χ1n) is 5.62. The van der Waals surface area contributed by atoms with E-state index in [-0.39, 0.29) is 5.54 Å². The van der Waals surface area contributed by atoms with Crippen LogP contribution >= 0.6 is 39.3 Å². The number of nitrogens with two attached hydrogens (primary N) is 1. The third kappa shape index (κ3) is 2.75. The highest BCUT2D eigenvalue weighted by Gasteiger charge is 2.39. The Morgan fingerprint density at radius 2 is 2.41 bits per heavy atom. The van der Waals surface area contributed by atoms with E-state index < -0.39 is 0 Å². The van der Waals surface area contributed by atoms with Gasteiger partial charge in [0.2, 0.25) is 0 Å². The van der Waals surface area contributed by atoms with Crippen molar-refractivity contribution in [3.63, 3.8) is 0 Å². The van der Waals surface area contributed by atoms with Crippen LogP contribution in [0.15, 0.2) is 22.7 Å². The van der Waals surface area contributed by atoms with Gasteiger partial charge in [-0.2, -0.15) is 11.8 Å². The van der Waals surface area contributed by atoms with Gasteiger partial charge in [-0.15, -0.1) is 0 Å². The first kappa shape index (κ1) is 13.5. The number of anilines is 1. The SMILES string of the molecule is CC1SCCC1(CN)Nc1ccc(Cl)c(Br)c1. The molecule has 5 heteroatoms. The second-order valence-electron chi connectivity index (χ2n) is 4.38. The van der Waals surface area contributed by atoms with Gasteiger partial charge in [-0.05, 0) is 46.3 Å². The molecule has 1 aromatic rings. The Kier molecular flexibility index (Phi) is 4.29. The molecule has 3 N–H and O–H groups in total. The molecule has 1 aliphatic rings. The minimum Gasteiger partial charge on any atom is -0.377 e. The van der Waals surface area contributed by atoms with Crippen LogP contribution in [-0.4, -0.2) is 23.1 Å². The van der Waals surface area contributed by atoms with Crippen molar-refractivity contribution < 1.29 is 0 Å². The lowest BCUT2D eigenvalue weighted by atomic mass is 9.92. The molecule has 0 bridgehead atoms. The highest BCUT2D eigenvalue weighted by molar-refractivity contribution is 9.10. The number of rotatable bonds is 3. The maximum absolute atomic E-state index is 5.99. The van der Waals surface area contributed by atoms with Crippen molar-refractivity contribution in [2.24, 2.45) is 5.73 Å². The minimum atomic E-state index is 0.0118. The number of nitrogens with one attached hydrogen (secondary N) is 1. The number of thioether (sulfide) groups is 1. The average Bonchev–Trinajstić information content (AvgIpc) is 2.66. The monoisotopic (exact) mass is 334 g/mol. The summed E-state index contributed by atoms with van der Waals surface area (Å²) in [5, 5.41) is 4.84. The predicted molar refractivity (Wildman–Crippen MR) is 81.1 cm³/mol. The highest BCUT2D eigenvalue weighted by Crippen LogP contribution is 2.38. The summed E-state index contributed by atoms with van der Waals surface area (Å²) >= 11 is 11.4.